The largest absolute Gasteiger partial charge is 0.480 e. The Balaban J connectivity index is 1.99. The number of aliphatic carboxylic acids is 1. The quantitative estimate of drug-likeness (QED) is 0.590. The minimum atomic E-state index is -1.14. The first-order valence-corrected chi connectivity index (χ1v) is 6.56. The molecule has 1 aromatic carbocycles. The number of hydrogen-bond acceptors (Lipinski definition) is 4. The Kier molecular flexibility index (Phi) is 4.70. The third-order valence-electron chi connectivity index (χ3n) is 3.43. The molecule has 1 heterocycles. The third kappa shape index (κ3) is 3.34. The number of rotatable bonds is 5. The van der Waals surface area contributed by atoms with Gasteiger partial charge in [0.05, 0.1) is 6.04 Å². The fourth-order valence-corrected chi connectivity index (χ4v) is 2.30. The molecule has 0 saturated carbocycles. The Labute approximate surface area is 116 Å². The van der Waals surface area contributed by atoms with Crippen LogP contribution >= 0.6 is 0 Å². The maximum Gasteiger partial charge on any atom is 0.326 e. The van der Waals surface area contributed by atoms with Gasteiger partial charge in [-0.15, -0.1) is 0 Å². The number of aliphatic hydroxyl groups excluding tert-OH is 1. The zero-order chi connectivity index (χ0) is 14.5. The van der Waals surface area contributed by atoms with E-state index in [0.717, 1.165) is 11.1 Å². The normalized spacial score (nSPS) is 18.9. The van der Waals surface area contributed by atoms with Gasteiger partial charge in [-0.25, -0.2) is 4.79 Å². The molecule has 6 nitrogen and oxygen atoms in total. The maximum atomic E-state index is 12.1. The number of aliphatic hydroxyl groups is 1. The van der Waals surface area contributed by atoms with Crippen molar-refractivity contribution in [3.05, 3.63) is 35.4 Å². The molecule has 0 saturated heterocycles. The summed E-state index contributed by atoms with van der Waals surface area (Å²) in [7, 11) is 0. The zero-order valence-electron chi connectivity index (χ0n) is 11.0. The van der Waals surface area contributed by atoms with Crippen molar-refractivity contribution in [2.45, 2.75) is 31.5 Å². The van der Waals surface area contributed by atoms with Gasteiger partial charge in [0.25, 0.3) is 0 Å². The highest BCUT2D eigenvalue weighted by Crippen LogP contribution is 2.16. The van der Waals surface area contributed by atoms with E-state index >= 15 is 0 Å². The minimum absolute atomic E-state index is 0.00435. The van der Waals surface area contributed by atoms with Gasteiger partial charge in [-0.05, 0) is 17.5 Å². The van der Waals surface area contributed by atoms with E-state index in [1.807, 2.05) is 24.3 Å². The van der Waals surface area contributed by atoms with E-state index < -0.39 is 18.1 Å². The third-order valence-corrected chi connectivity index (χ3v) is 3.43. The molecule has 0 aromatic heterocycles. The number of carboxylic acid groups (broad SMARTS) is 1. The van der Waals surface area contributed by atoms with Gasteiger partial charge in [0.2, 0.25) is 5.91 Å². The summed E-state index contributed by atoms with van der Waals surface area (Å²) < 4.78 is 0. The van der Waals surface area contributed by atoms with Crippen LogP contribution in [0.1, 0.15) is 17.5 Å². The number of carbonyl (C=O) groups is 2. The first kappa shape index (κ1) is 14.5. The average molecular weight is 278 g/mol. The van der Waals surface area contributed by atoms with Gasteiger partial charge in [0.1, 0.15) is 6.04 Å². The van der Waals surface area contributed by atoms with Crippen molar-refractivity contribution in [2.75, 3.05) is 6.61 Å². The number of fused-ring (bicyclic) bond motifs is 1. The lowest BCUT2D eigenvalue weighted by Gasteiger charge is -2.26. The van der Waals surface area contributed by atoms with Crippen molar-refractivity contribution in [1.29, 1.82) is 0 Å². The van der Waals surface area contributed by atoms with Gasteiger partial charge in [-0.2, -0.15) is 0 Å². The second-order valence-electron chi connectivity index (χ2n) is 4.82. The number of nitrogens with one attached hydrogen (secondary N) is 2. The summed E-state index contributed by atoms with van der Waals surface area (Å²) in [6, 6.07) is 6.35. The first-order chi connectivity index (χ1) is 9.61. The van der Waals surface area contributed by atoms with Crippen LogP contribution in [0.3, 0.4) is 0 Å². The number of benzene rings is 1. The number of carbonyl (C=O) groups excluding carboxylic acids is 1. The van der Waals surface area contributed by atoms with E-state index in [9.17, 15) is 9.59 Å². The van der Waals surface area contributed by atoms with Gasteiger partial charge < -0.3 is 20.8 Å². The summed E-state index contributed by atoms with van der Waals surface area (Å²) in [5.74, 6) is -1.48. The van der Waals surface area contributed by atoms with Crippen LogP contribution in [0, 0.1) is 0 Å². The van der Waals surface area contributed by atoms with Crippen LogP contribution in [0.15, 0.2) is 24.3 Å². The van der Waals surface area contributed by atoms with Crippen LogP contribution in [0.25, 0.3) is 0 Å². The lowest BCUT2D eigenvalue weighted by molar-refractivity contribution is -0.142. The van der Waals surface area contributed by atoms with E-state index in [1.54, 1.807) is 0 Å². The number of amides is 1. The fraction of sp³-hybridized carbons (Fsp3) is 0.429. The van der Waals surface area contributed by atoms with Crippen molar-refractivity contribution in [2.24, 2.45) is 0 Å². The van der Waals surface area contributed by atoms with Crippen LogP contribution in [-0.2, 0) is 22.6 Å². The Hall–Kier alpha value is -1.92. The van der Waals surface area contributed by atoms with E-state index in [2.05, 4.69) is 10.6 Å². The van der Waals surface area contributed by atoms with Gasteiger partial charge >= 0.3 is 5.97 Å². The minimum Gasteiger partial charge on any atom is -0.480 e. The van der Waals surface area contributed by atoms with Crippen LogP contribution in [0.2, 0.25) is 0 Å². The van der Waals surface area contributed by atoms with Gasteiger partial charge in [0.15, 0.2) is 0 Å². The first-order valence-electron chi connectivity index (χ1n) is 6.56. The summed E-state index contributed by atoms with van der Waals surface area (Å²) in [5, 5.41) is 23.3. The maximum absolute atomic E-state index is 12.1. The van der Waals surface area contributed by atoms with E-state index in [0.29, 0.717) is 13.0 Å². The van der Waals surface area contributed by atoms with Crippen molar-refractivity contribution in [3.63, 3.8) is 0 Å². The molecule has 2 atom stereocenters. The Morgan fingerprint density at radius 2 is 2.05 bits per heavy atom. The zero-order valence-corrected chi connectivity index (χ0v) is 11.0. The molecule has 0 unspecified atom stereocenters. The Morgan fingerprint density at radius 1 is 1.35 bits per heavy atom. The highest BCUT2D eigenvalue weighted by molar-refractivity contribution is 5.87. The highest BCUT2D eigenvalue weighted by atomic mass is 16.4. The summed E-state index contributed by atoms with van der Waals surface area (Å²) in [6.07, 6.45) is 0.540. The Morgan fingerprint density at radius 3 is 2.70 bits per heavy atom. The molecule has 6 heteroatoms. The highest BCUT2D eigenvalue weighted by Gasteiger charge is 2.27. The Bertz CT molecular complexity index is 504. The molecule has 2 rings (SSSR count). The second kappa shape index (κ2) is 6.49. The van der Waals surface area contributed by atoms with Crippen LogP contribution < -0.4 is 10.6 Å². The number of carboxylic acids is 1. The standard InChI is InChI=1S/C14H18N2O4/c17-6-5-11(14(19)20)16-13(18)12-7-9-3-1-2-4-10(9)8-15-12/h1-4,11-12,15,17H,5-8H2,(H,16,18)(H,19,20)/t11-,12-/m0/s1. The van der Waals surface area contributed by atoms with Gasteiger partial charge in [-0.1, -0.05) is 24.3 Å². The monoisotopic (exact) mass is 278 g/mol. The molecule has 1 aliphatic rings. The summed E-state index contributed by atoms with van der Waals surface area (Å²) >= 11 is 0. The summed E-state index contributed by atoms with van der Waals surface area (Å²) in [5.41, 5.74) is 2.25. The van der Waals surface area contributed by atoms with Gasteiger partial charge in [-0.3, -0.25) is 4.79 Å². The van der Waals surface area contributed by atoms with Gasteiger partial charge in [0, 0.05) is 19.6 Å². The fourth-order valence-electron chi connectivity index (χ4n) is 2.30. The van der Waals surface area contributed by atoms with Crippen molar-refractivity contribution < 1.29 is 19.8 Å². The van der Waals surface area contributed by atoms with Crippen molar-refractivity contribution in [1.82, 2.24) is 10.6 Å². The van der Waals surface area contributed by atoms with E-state index in [-0.39, 0.29) is 18.9 Å². The molecular formula is C14H18N2O4. The predicted molar refractivity (Wildman–Crippen MR) is 72.0 cm³/mol. The predicted octanol–water partition coefficient (Wildman–Crippen LogP) is -0.347. The lowest BCUT2D eigenvalue weighted by Crippen LogP contribution is -2.52. The number of hydrogen-bond donors (Lipinski definition) is 4. The molecule has 1 amide bonds. The molecule has 0 aliphatic carbocycles. The summed E-state index contributed by atoms with van der Waals surface area (Å²) in [6.45, 7) is 0.310. The molecule has 20 heavy (non-hydrogen) atoms. The SMILES string of the molecule is O=C(O)[C@H](CCO)NC(=O)[C@@H]1Cc2ccccc2CN1. The molecule has 108 valence electrons. The van der Waals surface area contributed by atoms with Crippen LogP contribution in [0.4, 0.5) is 0 Å². The van der Waals surface area contributed by atoms with Crippen LogP contribution in [-0.4, -0.2) is 40.8 Å². The van der Waals surface area contributed by atoms with Crippen LogP contribution in [0.5, 0.6) is 0 Å². The second-order valence-corrected chi connectivity index (χ2v) is 4.82. The molecule has 0 spiro atoms. The molecular weight excluding hydrogens is 260 g/mol. The molecule has 1 aromatic rings. The van der Waals surface area contributed by atoms with Crippen molar-refractivity contribution in [3.8, 4) is 0 Å². The average Bonchev–Trinajstić information content (AvgIpc) is 2.46. The van der Waals surface area contributed by atoms with E-state index in [1.165, 1.54) is 0 Å². The van der Waals surface area contributed by atoms with Crippen molar-refractivity contribution >= 4 is 11.9 Å². The smallest absolute Gasteiger partial charge is 0.326 e. The molecule has 0 radical (unpaired) electrons. The topological polar surface area (TPSA) is 98.7 Å². The molecule has 0 fully saturated rings. The molecule has 4 N–H and O–H groups in total. The lowest BCUT2D eigenvalue weighted by atomic mass is 9.95. The summed E-state index contributed by atoms with van der Waals surface area (Å²) in [4.78, 5) is 23.0. The molecule has 1 aliphatic heterocycles. The van der Waals surface area contributed by atoms with E-state index in [4.69, 9.17) is 10.2 Å². The molecule has 0 bridgehead atoms.